The van der Waals surface area contributed by atoms with Crippen molar-refractivity contribution >= 4 is 70.9 Å². The molecule has 0 aliphatic heterocycles. The third kappa shape index (κ3) is 76.5. The maximum absolute atomic E-state index is 3.42. The molecule has 199 valence electrons. The van der Waals surface area contributed by atoms with Gasteiger partial charge in [-0.15, -0.1) is 0 Å². The minimum absolute atomic E-state index is 0.0384. The van der Waals surface area contributed by atoms with E-state index in [0.717, 1.165) is 0 Å². The molecule has 0 atom stereocenters. The molecule has 0 heterocycles. The van der Waals surface area contributed by atoms with Gasteiger partial charge in [-0.2, -0.15) is 0 Å². The molecule has 0 aliphatic carbocycles. The fourth-order valence-electron chi connectivity index (χ4n) is 2.66. The van der Waals surface area contributed by atoms with E-state index in [1.807, 2.05) is 0 Å². The van der Waals surface area contributed by atoms with Gasteiger partial charge in [0.25, 0.3) is 0 Å². The van der Waals surface area contributed by atoms with Gasteiger partial charge >= 0.3 is 251 Å². The van der Waals surface area contributed by atoms with Gasteiger partial charge in [0, 0.05) is 0 Å². The Bertz CT molecular complexity index is 509. The quantitative estimate of drug-likeness (QED) is 0.172. The second-order valence-corrected chi connectivity index (χ2v) is 42.1. The zero-order valence-corrected chi connectivity index (χ0v) is 36.9. The van der Waals surface area contributed by atoms with Gasteiger partial charge in [-0.05, 0) is 0 Å². The summed E-state index contributed by atoms with van der Waals surface area (Å²) < 4.78 is 6.83. The number of hydrogen-bond donors (Lipinski definition) is 0. The fraction of sp³-hybridized carbons (Fsp3) is 0.931. The first-order chi connectivity index (χ1) is 14.1. The first kappa shape index (κ1) is 43.0. The summed E-state index contributed by atoms with van der Waals surface area (Å²) in [5, 5.41) is 0. The summed E-state index contributed by atoms with van der Waals surface area (Å²) in [7, 11) is -1.09. The molecule has 0 spiro atoms. The second-order valence-electron chi connectivity index (χ2n) is 16.4. The van der Waals surface area contributed by atoms with Crippen LogP contribution in [0.3, 0.4) is 0 Å². The Morgan fingerprint density at radius 2 is 0.676 bits per heavy atom. The van der Waals surface area contributed by atoms with Gasteiger partial charge in [-0.1, -0.05) is 0 Å². The average molecular weight is 730 g/mol. The molecule has 0 amide bonds. The summed E-state index contributed by atoms with van der Waals surface area (Å²) in [6.45, 7) is 48.5. The minimum atomic E-state index is -1.09. The number of hydrogen-bond acceptors (Lipinski definition) is 0. The molecule has 9 radical (unpaired) electrons. The Hall–Kier alpha value is 1.95. The van der Waals surface area contributed by atoms with Crippen LogP contribution in [0.4, 0.5) is 0 Å². The van der Waals surface area contributed by atoms with Crippen molar-refractivity contribution in [3.05, 3.63) is 0 Å². The van der Waals surface area contributed by atoms with Gasteiger partial charge in [-0.25, -0.2) is 0 Å². The van der Waals surface area contributed by atoms with E-state index in [-0.39, 0.29) is 46.3 Å². The Kier molecular flexibility index (Phi) is 21.3. The van der Waals surface area contributed by atoms with Crippen LogP contribution >= 0.6 is 0 Å². The molecule has 0 saturated heterocycles. The van der Waals surface area contributed by atoms with E-state index in [0.29, 0.717) is 25.5 Å². The zero-order chi connectivity index (χ0) is 29.0. The summed E-state index contributed by atoms with van der Waals surface area (Å²) in [5.41, 5.74) is 3.42. The molecular weight excluding hydrogens is 667 g/mol. The van der Waals surface area contributed by atoms with Crippen LogP contribution in [0.15, 0.2) is 0 Å². The molecule has 0 bridgehead atoms. The summed E-state index contributed by atoms with van der Waals surface area (Å²) in [5.74, 6) is 0. The van der Waals surface area contributed by atoms with Crippen LogP contribution in [0, 0.1) is 10.3 Å². The van der Waals surface area contributed by atoms with E-state index >= 15 is 0 Å². The first-order valence-electron chi connectivity index (χ1n) is 12.8. The maximum atomic E-state index is 3.42. The number of rotatable bonds is 0. The molecule has 0 aromatic heterocycles. The van der Waals surface area contributed by atoms with Crippen molar-refractivity contribution < 1.29 is 0 Å². The molecule has 5 heteroatoms. The van der Waals surface area contributed by atoms with Crippen molar-refractivity contribution in [1.29, 1.82) is 0 Å². The topological polar surface area (TPSA) is 0 Å². The van der Waals surface area contributed by atoms with Crippen molar-refractivity contribution in [1.82, 2.24) is 0 Å². The van der Waals surface area contributed by atoms with Crippen molar-refractivity contribution in [2.75, 3.05) is 0 Å². The summed E-state index contributed by atoms with van der Waals surface area (Å²) in [4.78, 5) is 0. The van der Waals surface area contributed by atoms with Crippen LogP contribution < -0.4 is 0 Å². The third-order valence-corrected chi connectivity index (χ3v) is 12.2. The Morgan fingerprint density at radius 1 is 0.471 bits per heavy atom. The SMILES string of the molecule is C[C](C)(C)[Ge].C[C](C)(C)[Ge][C]#C[Si](C)(C)C.C[C](C)(C)[Ge][C](C)(C)C.C[C](C)(C)[Ge][C](C)(C)C. The molecule has 0 saturated carbocycles. The van der Waals surface area contributed by atoms with Crippen molar-refractivity contribution in [3.8, 4) is 10.3 Å². The van der Waals surface area contributed by atoms with Gasteiger partial charge in [0.2, 0.25) is 0 Å². The van der Waals surface area contributed by atoms with Gasteiger partial charge in [-0.3, -0.25) is 0 Å². The van der Waals surface area contributed by atoms with Crippen LogP contribution in [-0.2, 0) is 0 Å². The molecule has 0 aliphatic rings. The summed E-state index contributed by atoms with van der Waals surface area (Å²) in [6.07, 6.45) is 0. The molecule has 0 aromatic rings. The standard InChI is InChI=1S/C9H18GeSi.2C8H18Ge.C4H9Ge/c1-9(2,3)10-7-8-11(4,5)6;2*1-7(2,3)9-8(4,5)6;1-4(2,3)5/h1-6H3;2*1-6H3;1-3H3. The normalized spacial score (nSPS) is 13.1. The van der Waals surface area contributed by atoms with Crippen molar-refractivity contribution in [2.45, 2.75) is 170 Å². The predicted molar refractivity (Wildman–Crippen MR) is 172 cm³/mol. The van der Waals surface area contributed by atoms with E-state index in [2.05, 4.69) is 171 Å². The second kappa shape index (κ2) is 16.8. The van der Waals surface area contributed by atoms with Crippen LogP contribution in [0.25, 0.3) is 0 Å². The molecule has 0 N–H and O–H groups in total. The van der Waals surface area contributed by atoms with E-state index < -0.39 is 8.07 Å². The van der Waals surface area contributed by atoms with E-state index in [4.69, 9.17) is 0 Å². The molecular formula is C29H63Ge4Si. The molecule has 0 unspecified atom stereocenters. The van der Waals surface area contributed by atoms with Crippen LogP contribution in [0.5, 0.6) is 0 Å². The van der Waals surface area contributed by atoms with Gasteiger partial charge in [0.15, 0.2) is 0 Å². The Morgan fingerprint density at radius 3 is 0.765 bits per heavy atom. The van der Waals surface area contributed by atoms with Crippen molar-refractivity contribution in [3.63, 3.8) is 0 Å². The zero-order valence-electron chi connectivity index (χ0n) is 27.5. The van der Waals surface area contributed by atoms with Crippen molar-refractivity contribution in [2.24, 2.45) is 0 Å². The van der Waals surface area contributed by atoms with E-state index in [9.17, 15) is 0 Å². The molecule has 34 heavy (non-hydrogen) atoms. The van der Waals surface area contributed by atoms with Crippen LogP contribution in [0.1, 0.15) is 125 Å². The van der Waals surface area contributed by atoms with E-state index in [1.54, 1.807) is 0 Å². The van der Waals surface area contributed by atoms with E-state index in [1.165, 1.54) is 0 Å². The monoisotopic (exact) mass is 735 g/mol. The first-order valence-corrected chi connectivity index (χ1v) is 23.6. The fourth-order valence-corrected chi connectivity index (χ4v) is 16.1. The van der Waals surface area contributed by atoms with Gasteiger partial charge < -0.3 is 0 Å². The van der Waals surface area contributed by atoms with Crippen LogP contribution in [-0.4, -0.2) is 70.9 Å². The Labute approximate surface area is 248 Å². The summed E-state index contributed by atoms with van der Waals surface area (Å²) in [6, 6.07) is 0. The average Bonchev–Trinajstić information content (AvgIpc) is 2.23. The van der Waals surface area contributed by atoms with Gasteiger partial charge in [0.1, 0.15) is 0 Å². The molecule has 0 nitrogen and oxygen atoms in total. The Balaban J connectivity index is -0.000000182. The third-order valence-electron chi connectivity index (χ3n) is 2.38. The molecule has 0 rings (SSSR count). The summed E-state index contributed by atoms with van der Waals surface area (Å²) >= 11 is 2.57. The molecule has 0 aromatic carbocycles. The van der Waals surface area contributed by atoms with Crippen LogP contribution in [0.2, 0.25) is 45.1 Å². The predicted octanol–water partition coefficient (Wildman–Crippen LogP) is 10.4. The van der Waals surface area contributed by atoms with Gasteiger partial charge in [0.05, 0.1) is 0 Å². The molecule has 0 fully saturated rings.